The molecule has 26 heavy (non-hydrogen) atoms. The molecule has 0 bridgehead atoms. The van der Waals surface area contributed by atoms with Crippen molar-refractivity contribution in [3.63, 3.8) is 0 Å². The lowest BCUT2D eigenvalue weighted by molar-refractivity contribution is 0.122. The largest absolute Gasteiger partial charge is 0.508 e. The maximum absolute atomic E-state index is 9.77. The average molecular weight is 359 g/mol. The van der Waals surface area contributed by atoms with Crippen molar-refractivity contribution in [3.8, 4) is 11.5 Å². The van der Waals surface area contributed by atoms with Crippen LogP contribution in [0, 0.1) is 0 Å². The Labute approximate surface area is 150 Å². The molecule has 0 saturated carbocycles. The standard InChI is InChI=1S/C16H21N7O3/c1-22(2)15-18-14(19-16(20-15)23-5-7-26-8-6-23)21-17-10-11-3-4-12(24)9-13(11)25/h3-4,9-10,24-25H,5-8H2,1-2H3,(H,18,19,20,21)/b17-10+. The number of hydrogen-bond donors (Lipinski definition) is 3. The number of anilines is 3. The van der Waals surface area contributed by atoms with Gasteiger partial charge in [0.15, 0.2) is 0 Å². The lowest BCUT2D eigenvalue weighted by Gasteiger charge is -2.27. The third kappa shape index (κ3) is 4.28. The highest BCUT2D eigenvalue weighted by Gasteiger charge is 2.17. The summed E-state index contributed by atoms with van der Waals surface area (Å²) in [6, 6.07) is 4.25. The number of aromatic nitrogens is 3. The molecule has 1 aliphatic rings. The summed E-state index contributed by atoms with van der Waals surface area (Å²) in [5, 5.41) is 23.1. The zero-order valence-corrected chi connectivity index (χ0v) is 14.6. The Balaban J connectivity index is 1.79. The van der Waals surface area contributed by atoms with Crippen LogP contribution in [0.1, 0.15) is 5.56 Å². The quantitative estimate of drug-likeness (QED) is 0.521. The molecule has 3 N–H and O–H groups in total. The smallest absolute Gasteiger partial charge is 0.250 e. The normalized spacial score (nSPS) is 14.6. The number of rotatable bonds is 5. The second-order valence-corrected chi connectivity index (χ2v) is 5.87. The molecular weight excluding hydrogens is 338 g/mol. The van der Waals surface area contributed by atoms with Gasteiger partial charge in [0.2, 0.25) is 17.8 Å². The van der Waals surface area contributed by atoms with Crippen LogP contribution in [0.25, 0.3) is 0 Å². The van der Waals surface area contributed by atoms with Gasteiger partial charge in [-0.3, -0.25) is 0 Å². The van der Waals surface area contributed by atoms with Crippen molar-refractivity contribution in [1.29, 1.82) is 0 Å². The van der Waals surface area contributed by atoms with E-state index in [1.54, 1.807) is 11.0 Å². The highest BCUT2D eigenvalue weighted by atomic mass is 16.5. The molecule has 10 heteroatoms. The highest BCUT2D eigenvalue weighted by Crippen LogP contribution is 2.21. The molecule has 0 radical (unpaired) electrons. The second kappa shape index (κ2) is 7.83. The van der Waals surface area contributed by atoms with Crippen molar-refractivity contribution in [3.05, 3.63) is 23.8 Å². The minimum absolute atomic E-state index is 0.0177. The SMILES string of the molecule is CN(C)c1nc(N/N=C/c2ccc(O)cc2O)nc(N2CCOCC2)n1. The predicted molar refractivity (Wildman–Crippen MR) is 98.2 cm³/mol. The van der Waals surface area contributed by atoms with E-state index in [2.05, 4.69) is 25.5 Å². The summed E-state index contributed by atoms with van der Waals surface area (Å²) >= 11 is 0. The molecule has 1 aromatic heterocycles. The molecule has 10 nitrogen and oxygen atoms in total. The lowest BCUT2D eigenvalue weighted by Crippen LogP contribution is -2.37. The average Bonchev–Trinajstić information content (AvgIpc) is 2.64. The third-order valence-corrected chi connectivity index (χ3v) is 3.69. The fourth-order valence-electron chi connectivity index (χ4n) is 2.31. The summed E-state index contributed by atoms with van der Waals surface area (Å²) in [5.74, 6) is 1.26. The van der Waals surface area contributed by atoms with E-state index >= 15 is 0 Å². The van der Waals surface area contributed by atoms with Crippen LogP contribution in [0.2, 0.25) is 0 Å². The molecule has 3 rings (SSSR count). The van der Waals surface area contributed by atoms with E-state index in [4.69, 9.17) is 4.74 Å². The van der Waals surface area contributed by atoms with E-state index in [1.807, 2.05) is 19.0 Å². The molecule has 0 aliphatic carbocycles. The van der Waals surface area contributed by atoms with Gasteiger partial charge in [0.05, 0.1) is 19.4 Å². The van der Waals surface area contributed by atoms with Crippen LogP contribution in [0.4, 0.5) is 17.8 Å². The predicted octanol–water partition coefficient (Wildman–Crippen LogP) is 0.631. The molecule has 0 amide bonds. The Bertz CT molecular complexity index is 791. The molecule has 1 fully saturated rings. The first-order chi connectivity index (χ1) is 12.5. The number of nitrogens with zero attached hydrogens (tertiary/aromatic N) is 6. The van der Waals surface area contributed by atoms with E-state index in [9.17, 15) is 10.2 Å². The van der Waals surface area contributed by atoms with E-state index in [0.717, 1.165) is 0 Å². The Morgan fingerprint density at radius 3 is 2.65 bits per heavy atom. The van der Waals surface area contributed by atoms with Crippen molar-refractivity contribution in [2.45, 2.75) is 0 Å². The molecule has 0 atom stereocenters. The van der Waals surface area contributed by atoms with Crippen molar-refractivity contribution in [2.75, 3.05) is 55.6 Å². The van der Waals surface area contributed by atoms with Gasteiger partial charge in [-0.05, 0) is 12.1 Å². The maximum atomic E-state index is 9.77. The first kappa shape index (κ1) is 17.7. The first-order valence-corrected chi connectivity index (χ1v) is 8.10. The number of phenolic OH excluding ortho intramolecular Hbond substituents is 2. The van der Waals surface area contributed by atoms with Crippen LogP contribution < -0.4 is 15.2 Å². The second-order valence-electron chi connectivity index (χ2n) is 5.87. The van der Waals surface area contributed by atoms with Gasteiger partial charge in [-0.2, -0.15) is 20.1 Å². The van der Waals surface area contributed by atoms with Gasteiger partial charge in [-0.25, -0.2) is 5.43 Å². The molecule has 0 unspecified atom stereocenters. The monoisotopic (exact) mass is 359 g/mol. The van der Waals surface area contributed by atoms with Gasteiger partial charge in [0.1, 0.15) is 11.5 Å². The number of nitrogens with one attached hydrogen (secondary N) is 1. The molecule has 1 aromatic carbocycles. The molecule has 1 aliphatic heterocycles. The Morgan fingerprint density at radius 2 is 1.96 bits per heavy atom. The summed E-state index contributed by atoms with van der Waals surface area (Å²) in [4.78, 5) is 17.0. The van der Waals surface area contributed by atoms with Crippen LogP contribution in [-0.2, 0) is 4.74 Å². The van der Waals surface area contributed by atoms with E-state index in [1.165, 1.54) is 18.3 Å². The van der Waals surface area contributed by atoms with Gasteiger partial charge in [-0.15, -0.1) is 0 Å². The summed E-state index contributed by atoms with van der Waals surface area (Å²) in [7, 11) is 3.69. The fraction of sp³-hybridized carbons (Fsp3) is 0.375. The zero-order valence-electron chi connectivity index (χ0n) is 14.6. The fourth-order valence-corrected chi connectivity index (χ4v) is 2.31. The van der Waals surface area contributed by atoms with Crippen LogP contribution in [0.3, 0.4) is 0 Å². The Hall–Kier alpha value is -3.14. The minimum Gasteiger partial charge on any atom is -0.508 e. The lowest BCUT2D eigenvalue weighted by atomic mass is 10.2. The number of phenols is 2. The number of hydrogen-bond acceptors (Lipinski definition) is 10. The summed E-state index contributed by atoms with van der Waals surface area (Å²) in [5.41, 5.74) is 3.21. The van der Waals surface area contributed by atoms with E-state index in [-0.39, 0.29) is 11.5 Å². The van der Waals surface area contributed by atoms with Gasteiger partial charge >= 0.3 is 0 Å². The summed E-state index contributed by atoms with van der Waals surface area (Å²) in [6.07, 6.45) is 1.42. The molecule has 138 valence electrons. The number of benzene rings is 1. The van der Waals surface area contributed by atoms with Gasteiger partial charge in [-0.1, -0.05) is 0 Å². The molecule has 0 spiro atoms. The summed E-state index contributed by atoms with van der Waals surface area (Å²) in [6.45, 7) is 2.68. The van der Waals surface area contributed by atoms with Crippen LogP contribution in [0.15, 0.2) is 23.3 Å². The minimum atomic E-state index is -0.0748. The number of ether oxygens (including phenoxy) is 1. The van der Waals surface area contributed by atoms with E-state index < -0.39 is 0 Å². The van der Waals surface area contributed by atoms with Gasteiger partial charge in [0, 0.05) is 38.8 Å². The first-order valence-electron chi connectivity index (χ1n) is 8.10. The number of aromatic hydroxyl groups is 2. The molecule has 2 heterocycles. The number of morpholine rings is 1. The van der Waals surface area contributed by atoms with Crippen LogP contribution in [-0.4, -0.2) is 71.8 Å². The van der Waals surface area contributed by atoms with Crippen molar-refractivity contribution >= 4 is 24.1 Å². The maximum Gasteiger partial charge on any atom is 0.250 e. The molecule has 1 saturated heterocycles. The van der Waals surface area contributed by atoms with Crippen molar-refractivity contribution in [2.24, 2.45) is 5.10 Å². The highest BCUT2D eigenvalue weighted by molar-refractivity contribution is 5.84. The van der Waals surface area contributed by atoms with E-state index in [0.29, 0.717) is 49.7 Å². The van der Waals surface area contributed by atoms with Crippen LogP contribution >= 0.6 is 0 Å². The van der Waals surface area contributed by atoms with Gasteiger partial charge < -0.3 is 24.7 Å². The third-order valence-electron chi connectivity index (χ3n) is 3.69. The Morgan fingerprint density at radius 1 is 1.19 bits per heavy atom. The molecule has 2 aromatic rings. The topological polar surface area (TPSA) is 119 Å². The summed E-state index contributed by atoms with van der Waals surface area (Å²) < 4.78 is 5.36. The van der Waals surface area contributed by atoms with Crippen LogP contribution in [0.5, 0.6) is 11.5 Å². The van der Waals surface area contributed by atoms with Crippen molar-refractivity contribution < 1.29 is 14.9 Å². The number of hydrazone groups is 1. The van der Waals surface area contributed by atoms with Crippen molar-refractivity contribution in [1.82, 2.24) is 15.0 Å². The molecular formula is C16H21N7O3. The van der Waals surface area contributed by atoms with Gasteiger partial charge in [0.25, 0.3) is 0 Å². The zero-order chi connectivity index (χ0) is 18.5. The Kier molecular flexibility index (Phi) is 5.32.